The van der Waals surface area contributed by atoms with Crippen LogP contribution in [-0.2, 0) is 30.4 Å². The van der Waals surface area contributed by atoms with Crippen LogP contribution in [0.25, 0.3) is 6.08 Å². The van der Waals surface area contributed by atoms with Crippen molar-refractivity contribution in [1.29, 1.82) is 0 Å². The summed E-state index contributed by atoms with van der Waals surface area (Å²) in [5.41, 5.74) is 1.10. The van der Waals surface area contributed by atoms with E-state index in [9.17, 15) is 18.0 Å². The van der Waals surface area contributed by atoms with Crippen LogP contribution in [0.1, 0.15) is 35.4 Å². The van der Waals surface area contributed by atoms with Gasteiger partial charge < -0.3 is 5.32 Å². The van der Waals surface area contributed by atoms with Gasteiger partial charge >= 0.3 is 6.18 Å². The summed E-state index contributed by atoms with van der Waals surface area (Å²) < 4.78 is 40.8. The van der Waals surface area contributed by atoms with Crippen LogP contribution in [0.3, 0.4) is 0 Å². The van der Waals surface area contributed by atoms with Gasteiger partial charge in [0, 0.05) is 23.9 Å². The van der Waals surface area contributed by atoms with Crippen molar-refractivity contribution in [3.63, 3.8) is 0 Å². The molecule has 3 rings (SSSR count). The lowest BCUT2D eigenvalue weighted by Crippen LogP contribution is -2.26. The molecule has 0 bridgehead atoms. The predicted molar refractivity (Wildman–Crippen MR) is 92.4 cm³/mol. The zero-order valence-corrected chi connectivity index (χ0v) is 14.2. The van der Waals surface area contributed by atoms with Gasteiger partial charge in [0.25, 0.3) is 0 Å². The van der Waals surface area contributed by atoms with Gasteiger partial charge in [-0.1, -0.05) is 30.3 Å². The average Bonchev–Trinajstić information content (AvgIpc) is 3.00. The number of benzene rings is 1. The van der Waals surface area contributed by atoms with Gasteiger partial charge in [0.15, 0.2) is 5.69 Å². The molecule has 4 nitrogen and oxygen atoms in total. The maximum absolute atomic E-state index is 13.1. The minimum atomic E-state index is -4.44. The quantitative estimate of drug-likeness (QED) is 0.825. The van der Waals surface area contributed by atoms with E-state index in [1.165, 1.54) is 10.8 Å². The summed E-state index contributed by atoms with van der Waals surface area (Å²) in [4.78, 5) is 11.9. The topological polar surface area (TPSA) is 46.9 Å². The molecule has 1 aliphatic rings. The number of aromatic nitrogens is 2. The molecule has 1 aromatic heterocycles. The van der Waals surface area contributed by atoms with Crippen LogP contribution in [0, 0.1) is 0 Å². The Morgan fingerprint density at radius 1 is 1.19 bits per heavy atom. The molecule has 138 valence electrons. The van der Waals surface area contributed by atoms with E-state index in [0.29, 0.717) is 24.1 Å². The van der Waals surface area contributed by atoms with Crippen LogP contribution < -0.4 is 5.32 Å². The van der Waals surface area contributed by atoms with E-state index in [4.69, 9.17) is 0 Å². The summed E-state index contributed by atoms with van der Waals surface area (Å²) >= 11 is 0. The summed E-state index contributed by atoms with van der Waals surface area (Å²) in [5, 5.41) is 6.46. The number of amides is 1. The van der Waals surface area contributed by atoms with Gasteiger partial charge in [0.2, 0.25) is 5.91 Å². The molecule has 1 heterocycles. The van der Waals surface area contributed by atoms with Crippen molar-refractivity contribution in [2.75, 3.05) is 6.54 Å². The van der Waals surface area contributed by atoms with E-state index >= 15 is 0 Å². The Kier molecular flexibility index (Phi) is 5.44. The van der Waals surface area contributed by atoms with Crippen molar-refractivity contribution in [3.05, 3.63) is 58.9 Å². The Hall–Kier alpha value is -2.57. The minimum Gasteiger partial charge on any atom is -0.351 e. The lowest BCUT2D eigenvalue weighted by molar-refractivity contribution is -0.142. The third kappa shape index (κ3) is 4.33. The van der Waals surface area contributed by atoms with Crippen molar-refractivity contribution < 1.29 is 18.0 Å². The summed E-state index contributed by atoms with van der Waals surface area (Å²) in [5.74, 6) is -0.286. The van der Waals surface area contributed by atoms with Gasteiger partial charge in [-0.2, -0.15) is 18.3 Å². The first-order valence-electron chi connectivity index (χ1n) is 8.62. The van der Waals surface area contributed by atoms with Gasteiger partial charge in [-0.15, -0.1) is 0 Å². The maximum atomic E-state index is 13.1. The Morgan fingerprint density at radius 3 is 2.65 bits per heavy atom. The van der Waals surface area contributed by atoms with E-state index < -0.39 is 11.9 Å². The van der Waals surface area contributed by atoms with Crippen LogP contribution in [0.2, 0.25) is 0 Å². The molecular weight excluding hydrogens is 343 g/mol. The number of halogens is 3. The largest absolute Gasteiger partial charge is 0.435 e. The molecular formula is C19H20F3N3O. The molecule has 1 N–H and O–H groups in total. The molecule has 26 heavy (non-hydrogen) atoms. The second-order valence-corrected chi connectivity index (χ2v) is 6.24. The number of nitrogens with zero attached hydrogens (tertiary/aromatic N) is 2. The predicted octanol–water partition coefficient (Wildman–Crippen LogP) is 3.61. The lowest BCUT2D eigenvalue weighted by Gasteiger charge is -2.14. The van der Waals surface area contributed by atoms with E-state index in [0.717, 1.165) is 18.4 Å². The zero-order valence-electron chi connectivity index (χ0n) is 14.2. The molecule has 0 saturated heterocycles. The molecule has 0 radical (unpaired) electrons. The molecule has 1 aromatic carbocycles. The number of carbonyl (C=O) groups is 1. The highest BCUT2D eigenvalue weighted by atomic mass is 19.4. The molecule has 0 atom stereocenters. The fraction of sp³-hybridized carbons (Fsp3) is 0.368. The molecule has 1 aliphatic carbocycles. The number of carbonyl (C=O) groups excluding carboxylic acids is 1. The number of rotatable bonds is 5. The molecule has 2 aromatic rings. The SMILES string of the molecule is O=C(C=Cc1ccccc1)NCCn1nc(C(F)(F)F)c2c1CCCC2. The highest BCUT2D eigenvalue weighted by Crippen LogP contribution is 2.35. The minimum absolute atomic E-state index is 0.226. The lowest BCUT2D eigenvalue weighted by atomic mass is 9.95. The Morgan fingerprint density at radius 2 is 1.92 bits per heavy atom. The van der Waals surface area contributed by atoms with Crippen molar-refractivity contribution >= 4 is 12.0 Å². The molecule has 0 aliphatic heterocycles. The second-order valence-electron chi connectivity index (χ2n) is 6.24. The van der Waals surface area contributed by atoms with Gasteiger partial charge in [-0.3, -0.25) is 9.48 Å². The summed E-state index contributed by atoms with van der Waals surface area (Å²) in [7, 11) is 0. The van der Waals surface area contributed by atoms with Crippen LogP contribution in [0.5, 0.6) is 0 Å². The van der Waals surface area contributed by atoms with Crippen LogP contribution in [0.15, 0.2) is 36.4 Å². The van der Waals surface area contributed by atoms with E-state index in [1.54, 1.807) is 6.08 Å². The maximum Gasteiger partial charge on any atom is 0.435 e. The van der Waals surface area contributed by atoms with E-state index in [1.807, 2.05) is 30.3 Å². The fourth-order valence-electron chi connectivity index (χ4n) is 3.16. The van der Waals surface area contributed by atoms with E-state index in [-0.39, 0.29) is 19.0 Å². The summed E-state index contributed by atoms with van der Waals surface area (Å²) in [6, 6.07) is 9.38. The van der Waals surface area contributed by atoms with Crippen molar-refractivity contribution in [2.24, 2.45) is 0 Å². The summed E-state index contributed by atoms with van der Waals surface area (Å²) in [6.45, 7) is 0.451. The van der Waals surface area contributed by atoms with Crippen LogP contribution in [0.4, 0.5) is 13.2 Å². The third-order valence-corrected chi connectivity index (χ3v) is 4.37. The molecule has 7 heteroatoms. The Bertz CT molecular complexity index is 794. The van der Waals surface area contributed by atoms with Crippen LogP contribution in [-0.4, -0.2) is 22.2 Å². The zero-order chi connectivity index (χ0) is 18.6. The Labute approximate surface area is 149 Å². The number of alkyl halides is 3. The van der Waals surface area contributed by atoms with Crippen LogP contribution >= 0.6 is 0 Å². The number of fused-ring (bicyclic) bond motifs is 1. The van der Waals surface area contributed by atoms with Gasteiger partial charge in [-0.25, -0.2) is 0 Å². The smallest absolute Gasteiger partial charge is 0.351 e. The molecule has 0 spiro atoms. The second kappa shape index (κ2) is 7.76. The highest BCUT2D eigenvalue weighted by Gasteiger charge is 2.39. The monoisotopic (exact) mass is 363 g/mol. The first-order valence-corrected chi connectivity index (χ1v) is 8.62. The number of hydrogen-bond acceptors (Lipinski definition) is 2. The molecule has 0 saturated carbocycles. The Balaban J connectivity index is 1.60. The molecule has 0 fully saturated rings. The fourth-order valence-corrected chi connectivity index (χ4v) is 3.16. The van der Waals surface area contributed by atoms with Crippen molar-refractivity contribution in [1.82, 2.24) is 15.1 Å². The number of nitrogens with one attached hydrogen (secondary N) is 1. The van der Waals surface area contributed by atoms with Gasteiger partial charge in [0.1, 0.15) is 0 Å². The average molecular weight is 363 g/mol. The molecule has 1 amide bonds. The molecule has 0 unspecified atom stereocenters. The third-order valence-electron chi connectivity index (χ3n) is 4.37. The van der Waals surface area contributed by atoms with Crippen molar-refractivity contribution in [2.45, 2.75) is 38.4 Å². The standard InChI is InChI=1S/C19H20F3N3O/c20-19(21,22)18-15-8-4-5-9-16(15)25(24-18)13-12-23-17(26)11-10-14-6-2-1-3-7-14/h1-3,6-7,10-11H,4-5,8-9,12-13H2,(H,23,26). The van der Waals surface area contributed by atoms with Gasteiger partial charge in [-0.05, 0) is 37.3 Å². The number of hydrogen-bond donors (Lipinski definition) is 1. The normalized spacial score (nSPS) is 14.4. The first-order chi connectivity index (χ1) is 12.4. The van der Waals surface area contributed by atoms with Crippen molar-refractivity contribution in [3.8, 4) is 0 Å². The summed E-state index contributed by atoms with van der Waals surface area (Å²) in [6.07, 6.45) is 1.29. The van der Waals surface area contributed by atoms with Gasteiger partial charge in [0.05, 0.1) is 6.54 Å². The highest BCUT2D eigenvalue weighted by molar-refractivity contribution is 5.91. The van der Waals surface area contributed by atoms with E-state index in [2.05, 4.69) is 10.4 Å². The first kappa shape index (κ1) is 18.2.